The van der Waals surface area contributed by atoms with Crippen molar-refractivity contribution in [1.82, 2.24) is 9.88 Å². The molecule has 1 aromatic heterocycles. The average Bonchev–Trinajstić information content (AvgIpc) is 2.70. The predicted octanol–water partition coefficient (Wildman–Crippen LogP) is 3.50. The molecule has 1 aromatic carbocycles. The molecule has 0 atom stereocenters. The van der Waals surface area contributed by atoms with Gasteiger partial charge in [-0.05, 0) is 61.4 Å². The van der Waals surface area contributed by atoms with Gasteiger partial charge in [-0.2, -0.15) is 0 Å². The quantitative estimate of drug-likeness (QED) is 0.852. The van der Waals surface area contributed by atoms with Gasteiger partial charge in [-0.25, -0.2) is 0 Å². The smallest absolute Gasteiger partial charge is 0.0694 e. The van der Waals surface area contributed by atoms with E-state index in [0.29, 0.717) is 0 Å². The molecule has 0 saturated carbocycles. The Kier molecular flexibility index (Phi) is 5.12. The summed E-state index contributed by atoms with van der Waals surface area (Å²) in [6, 6.07) is 13.0. The Morgan fingerprint density at radius 1 is 1.00 bits per heavy atom. The lowest BCUT2D eigenvalue weighted by Crippen LogP contribution is -2.44. The first-order valence-electron chi connectivity index (χ1n) is 9.49. The van der Waals surface area contributed by atoms with E-state index in [2.05, 4.69) is 58.2 Å². The number of hydrogen-bond acceptors (Lipinski definition) is 4. The molecular weight excluding hydrogens is 320 g/mol. The molecule has 4 heteroatoms. The minimum absolute atomic E-state index is 0.907. The largest absolute Gasteiger partial charge is 0.369 e. The van der Waals surface area contributed by atoms with E-state index in [4.69, 9.17) is 4.99 Å². The molecule has 0 N–H and O–H groups in total. The molecule has 1 saturated heterocycles. The van der Waals surface area contributed by atoms with Crippen LogP contribution in [-0.2, 0) is 0 Å². The fraction of sp³-hybridized carbons (Fsp3) is 0.364. The van der Waals surface area contributed by atoms with Crippen LogP contribution in [0.25, 0.3) is 6.08 Å². The van der Waals surface area contributed by atoms with E-state index < -0.39 is 0 Å². The van der Waals surface area contributed by atoms with Crippen LogP contribution in [0.4, 0.5) is 5.69 Å². The summed E-state index contributed by atoms with van der Waals surface area (Å²) in [6.07, 6.45) is 8.21. The molecule has 0 aliphatic carbocycles. The lowest BCUT2D eigenvalue weighted by atomic mass is 9.95. The zero-order chi connectivity index (χ0) is 17.8. The molecule has 134 valence electrons. The van der Waals surface area contributed by atoms with Crippen LogP contribution in [0.2, 0.25) is 0 Å². The van der Waals surface area contributed by atoms with Crippen molar-refractivity contribution in [1.29, 1.82) is 0 Å². The summed E-state index contributed by atoms with van der Waals surface area (Å²) in [5, 5.41) is 0. The van der Waals surface area contributed by atoms with Crippen molar-refractivity contribution in [2.24, 2.45) is 4.99 Å². The van der Waals surface area contributed by atoms with Crippen molar-refractivity contribution in [3.63, 3.8) is 0 Å². The van der Waals surface area contributed by atoms with Crippen LogP contribution in [0.15, 0.2) is 59.4 Å². The number of benzene rings is 1. The normalized spacial score (nSPS) is 20.3. The van der Waals surface area contributed by atoms with Crippen molar-refractivity contribution in [3.8, 4) is 0 Å². The number of piperazine rings is 1. The predicted molar refractivity (Wildman–Crippen MR) is 109 cm³/mol. The van der Waals surface area contributed by atoms with E-state index in [1.165, 1.54) is 16.8 Å². The fourth-order valence-corrected chi connectivity index (χ4v) is 3.65. The summed E-state index contributed by atoms with van der Waals surface area (Å²) in [5.74, 6) is 0. The average molecular weight is 346 g/mol. The molecule has 0 amide bonds. The number of allylic oxidation sites excluding steroid dienone is 1. The maximum absolute atomic E-state index is 4.77. The van der Waals surface area contributed by atoms with Gasteiger partial charge >= 0.3 is 0 Å². The third-order valence-corrected chi connectivity index (χ3v) is 5.22. The zero-order valence-corrected chi connectivity index (χ0v) is 15.4. The molecule has 2 aliphatic rings. The second-order valence-electron chi connectivity index (χ2n) is 7.13. The number of hydrogen-bond donors (Lipinski definition) is 0. The number of anilines is 1. The Bertz CT molecular complexity index is 785. The van der Waals surface area contributed by atoms with Crippen molar-refractivity contribution < 1.29 is 0 Å². The lowest BCUT2D eigenvalue weighted by Gasteiger charge is -2.34. The molecule has 0 bridgehead atoms. The Balaban J connectivity index is 1.53. The highest BCUT2D eigenvalue weighted by Crippen LogP contribution is 2.23. The number of likely N-dealkylation sites (N-methyl/N-ethyl adjacent to an activating group) is 1. The molecule has 2 aliphatic heterocycles. The van der Waals surface area contributed by atoms with Gasteiger partial charge in [0, 0.05) is 56.4 Å². The number of pyridine rings is 1. The van der Waals surface area contributed by atoms with Gasteiger partial charge in [-0.15, -0.1) is 0 Å². The minimum Gasteiger partial charge on any atom is -0.369 e. The van der Waals surface area contributed by atoms with E-state index in [-0.39, 0.29) is 0 Å². The summed E-state index contributed by atoms with van der Waals surface area (Å²) in [7, 11) is 2.19. The highest BCUT2D eigenvalue weighted by atomic mass is 15.2. The Labute approximate surface area is 155 Å². The topological polar surface area (TPSA) is 31.7 Å². The molecule has 26 heavy (non-hydrogen) atoms. The fourth-order valence-electron chi connectivity index (χ4n) is 3.65. The van der Waals surface area contributed by atoms with Crippen LogP contribution in [-0.4, -0.2) is 55.4 Å². The minimum atomic E-state index is 0.907. The first-order valence-corrected chi connectivity index (χ1v) is 9.49. The van der Waals surface area contributed by atoms with Gasteiger partial charge in [0.25, 0.3) is 0 Å². The summed E-state index contributed by atoms with van der Waals surface area (Å²) in [6.45, 7) is 5.39. The van der Waals surface area contributed by atoms with Gasteiger partial charge < -0.3 is 9.80 Å². The van der Waals surface area contributed by atoms with Gasteiger partial charge in [-0.3, -0.25) is 9.98 Å². The van der Waals surface area contributed by atoms with Gasteiger partial charge in [-0.1, -0.05) is 12.1 Å². The van der Waals surface area contributed by atoms with Crippen LogP contribution >= 0.6 is 0 Å². The molecule has 4 rings (SSSR count). The maximum atomic E-state index is 4.77. The molecule has 0 spiro atoms. The van der Waals surface area contributed by atoms with Crippen LogP contribution < -0.4 is 4.90 Å². The molecular formula is C22H26N4. The standard InChI is InChI=1S/C22H26N4/c1-25-12-14-26(15-13-25)21-8-6-18(7-9-21)16-19-4-3-11-24-22(19)20-5-2-10-23-17-20/h2,5-10,16-17H,3-4,11-15H2,1H3/b19-16+. The SMILES string of the molecule is CN1CCN(c2ccc(/C=C3\CCCN=C3c3cccnc3)cc2)CC1. The highest BCUT2D eigenvalue weighted by molar-refractivity contribution is 6.15. The molecule has 0 unspecified atom stereocenters. The van der Waals surface area contributed by atoms with Crippen LogP contribution in [0, 0.1) is 0 Å². The highest BCUT2D eigenvalue weighted by Gasteiger charge is 2.15. The molecule has 4 nitrogen and oxygen atoms in total. The van der Waals surface area contributed by atoms with Crippen LogP contribution in [0.1, 0.15) is 24.0 Å². The first kappa shape index (κ1) is 17.0. The van der Waals surface area contributed by atoms with Crippen molar-refractivity contribution >= 4 is 17.5 Å². The van der Waals surface area contributed by atoms with Crippen molar-refractivity contribution in [2.45, 2.75) is 12.8 Å². The number of aromatic nitrogens is 1. The van der Waals surface area contributed by atoms with Crippen LogP contribution in [0.5, 0.6) is 0 Å². The number of rotatable bonds is 3. The van der Waals surface area contributed by atoms with Gasteiger partial charge in [0.2, 0.25) is 0 Å². The van der Waals surface area contributed by atoms with Crippen molar-refractivity contribution in [3.05, 3.63) is 65.5 Å². The summed E-state index contributed by atoms with van der Waals surface area (Å²) in [5.41, 5.74) is 6.11. The Morgan fingerprint density at radius 3 is 2.54 bits per heavy atom. The van der Waals surface area contributed by atoms with Gasteiger partial charge in [0.1, 0.15) is 0 Å². The molecule has 1 fully saturated rings. The van der Waals surface area contributed by atoms with Crippen molar-refractivity contribution in [2.75, 3.05) is 44.7 Å². The van der Waals surface area contributed by atoms with Crippen LogP contribution in [0.3, 0.4) is 0 Å². The number of aliphatic imine (C=N–C) groups is 1. The van der Waals surface area contributed by atoms with E-state index in [9.17, 15) is 0 Å². The van der Waals surface area contributed by atoms with Gasteiger partial charge in [0.15, 0.2) is 0 Å². The lowest BCUT2D eigenvalue weighted by molar-refractivity contribution is 0.313. The summed E-state index contributed by atoms with van der Waals surface area (Å²) in [4.78, 5) is 13.9. The molecule has 3 heterocycles. The zero-order valence-electron chi connectivity index (χ0n) is 15.4. The van der Waals surface area contributed by atoms with E-state index >= 15 is 0 Å². The Hall–Kier alpha value is -2.46. The maximum Gasteiger partial charge on any atom is 0.0694 e. The first-order chi connectivity index (χ1) is 12.8. The Morgan fingerprint density at radius 2 is 1.81 bits per heavy atom. The monoisotopic (exact) mass is 346 g/mol. The summed E-state index contributed by atoms with van der Waals surface area (Å²) < 4.78 is 0. The summed E-state index contributed by atoms with van der Waals surface area (Å²) >= 11 is 0. The van der Waals surface area contributed by atoms with E-state index in [1.54, 1.807) is 0 Å². The number of nitrogens with zero attached hydrogens (tertiary/aromatic N) is 4. The third-order valence-electron chi connectivity index (χ3n) is 5.22. The van der Waals surface area contributed by atoms with E-state index in [0.717, 1.165) is 56.8 Å². The second-order valence-corrected chi connectivity index (χ2v) is 7.13. The molecule has 2 aromatic rings. The van der Waals surface area contributed by atoms with Gasteiger partial charge in [0.05, 0.1) is 5.71 Å². The third kappa shape index (κ3) is 3.86. The van der Waals surface area contributed by atoms with E-state index in [1.807, 2.05) is 18.5 Å². The second kappa shape index (κ2) is 7.83. The molecule has 0 radical (unpaired) electrons.